The molecule has 0 heterocycles. The molecule has 3 atom stereocenters. The fourth-order valence-corrected chi connectivity index (χ4v) is 4.58. The van der Waals surface area contributed by atoms with Gasteiger partial charge in [-0.2, -0.15) is 0 Å². The van der Waals surface area contributed by atoms with Crippen molar-refractivity contribution in [2.24, 2.45) is 11.3 Å². The molecule has 3 unspecified atom stereocenters. The molecule has 0 bridgehead atoms. The molecule has 0 radical (unpaired) electrons. The number of rotatable bonds is 7. The maximum atomic E-state index is 5.29. The van der Waals surface area contributed by atoms with Gasteiger partial charge in [0.05, 0.1) is 7.11 Å². The number of benzene rings is 1. The fraction of sp³-hybridized carbons (Fsp3) is 0.684. The lowest BCUT2D eigenvalue weighted by Gasteiger charge is -2.61. The summed E-state index contributed by atoms with van der Waals surface area (Å²) in [4.78, 5) is 0. The molecule has 2 nitrogen and oxygen atoms in total. The number of methoxy groups -OCH3 is 1. The molecule has 1 fully saturated rings. The first-order valence-electron chi connectivity index (χ1n) is 8.51. The molecule has 1 saturated carbocycles. The maximum absolute atomic E-state index is 5.29. The second-order valence-electron chi connectivity index (χ2n) is 6.48. The molecule has 0 amide bonds. The van der Waals surface area contributed by atoms with Crippen LogP contribution in [0.4, 0.5) is 0 Å². The molecule has 0 saturated heterocycles. The number of hydrogen-bond donors (Lipinski definition) is 1. The molecule has 0 aliphatic heterocycles. The minimum Gasteiger partial charge on any atom is -0.497 e. The highest BCUT2D eigenvalue weighted by atomic mass is 16.5. The summed E-state index contributed by atoms with van der Waals surface area (Å²) in [6.45, 7) is 10.5. The van der Waals surface area contributed by atoms with Crippen LogP contribution in [0.2, 0.25) is 0 Å². The lowest BCUT2D eigenvalue weighted by atomic mass is 9.46. The summed E-state index contributed by atoms with van der Waals surface area (Å²) < 4.78 is 5.29. The van der Waals surface area contributed by atoms with Gasteiger partial charge in [-0.15, -0.1) is 0 Å². The largest absolute Gasteiger partial charge is 0.497 e. The second-order valence-corrected chi connectivity index (χ2v) is 6.48. The second kappa shape index (κ2) is 6.83. The van der Waals surface area contributed by atoms with Gasteiger partial charge >= 0.3 is 0 Å². The van der Waals surface area contributed by atoms with E-state index < -0.39 is 0 Å². The van der Waals surface area contributed by atoms with Crippen molar-refractivity contribution in [2.45, 2.75) is 58.9 Å². The molecule has 2 rings (SSSR count). The third-order valence-electron chi connectivity index (χ3n) is 5.70. The van der Waals surface area contributed by atoms with E-state index in [1.807, 2.05) is 0 Å². The minimum atomic E-state index is 0.406. The van der Waals surface area contributed by atoms with Gasteiger partial charge in [0, 0.05) is 6.04 Å². The Hall–Kier alpha value is -1.02. The molecule has 1 aliphatic rings. The van der Waals surface area contributed by atoms with Crippen LogP contribution < -0.4 is 10.1 Å². The zero-order valence-electron chi connectivity index (χ0n) is 14.3. The van der Waals surface area contributed by atoms with E-state index in [1.165, 1.54) is 24.8 Å². The highest BCUT2D eigenvalue weighted by molar-refractivity contribution is 5.35. The molecule has 0 aromatic heterocycles. The number of hydrogen-bond acceptors (Lipinski definition) is 2. The lowest BCUT2D eigenvalue weighted by Crippen LogP contribution is -2.64. The van der Waals surface area contributed by atoms with Crippen molar-refractivity contribution in [2.75, 3.05) is 13.7 Å². The van der Waals surface area contributed by atoms with E-state index in [0.717, 1.165) is 12.3 Å². The molecular weight excluding hydrogens is 258 g/mol. The van der Waals surface area contributed by atoms with E-state index in [9.17, 15) is 0 Å². The number of ether oxygens (including phenoxy) is 1. The van der Waals surface area contributed by atoms with Crippen molar-refractivity contribution in [3.63, 3.8) is 0 Å². The molecule has 118 valence electrons. The van der Waals surface area contributed by atoms with Crippen molar-refractivity contribution in [3.8, 4) is 5.75 Å². The van der Waals surface area contributed by atoms with Crippen LogP contribution in [0.1, 0.15) is 58.4 Å². The van der Waals surface area contributed by atoms with Gasteiger partial charge in [0.25, 0.3) is 0 Å². The Morgan fingerprint density at radius 3 is 2.19 bits per heavy atom. The molecule has 0 spiro atoms. The zero-order valence-corrected chi connectivity index (χ0v) is 14.3. The highest BCUT2D eigenvalue weighted by Gasteiger charge is 2.57. The van der Waals surface area contributed by atoms with E-state index in [4.69, 9.17) is 4.74 Å². The smallest absolute Gasteiger partial charge is 0.118 e. The van der Waals surface area contributed by atoms with Gasteiger partial charge in [0.1, 0.15) is 5.75 Å². The molecular formula is C19H31NO. The average molecular weight is 289 g/mol. The summed E-state index contributed by atoms with van der Waals surface area (Å²) in [7, 11) is 1.73. The van der Waals surface area contributed by atoms with Gasteiger partial charge in [-0.1, -0.05) is 39.8 Å². The van der Waals surface area contributed by atoms with Gasteiger partial charge in [-0.3, -0.25) is 0 Å². The molecule has 1 aliphatic carbocycles. The van der Waals surface area contributed by atoms with E-state index in [-0.39, 0.29) is 0 Å². The Balaban J connectivity index is 2.24. The van der Waals surface area contributed by atoms with Gasteiger partial charge in [-0.25, -0.2) is 0 Å². The van der Waals surface area contributed by atoms with E-state index in [0.29, 0.717) is 23.3 Å². The van der Waals surface area contributed by atoms with E-state index in [1.54, 1.807) is 7.11 Å². The Kier molecular flexibility index (Phi) is 5.32. The standard InChI is InChI=1S/C19H31NO/c1-6-13-20-18-14(4)17(19(18,7-2)8-3)15-9-11-16(21-5)12-10-15/h9-12,14,17-18,20H,6-8,13H2,1-5H3. The summed E-state index contributed by atoms with van der Waals surface area (Å²) in [5, 5.41) is 3.81. The van der Waals surface area contributed by atoms with Crippen LogP contribution in [0.5, 0.6) is 5.75 Å². The van der Waals surface area contributed by atoms with Crippen LogP contribution >= 0.6 is 0 Å². The molecule has 1 N–H and O–H groups in total. The Morgan fingerprint density at radius 2 is 1.71 bits per heavy atom. The van der Waals surface area contributed by atoms with Crippen LogP contribution in [-0.2, 0) is 0 Å². The van der Waals surface area contributed by atoms with E-state index in [2.05, 4.69) is 57.3 Å². The quantitative estimate of drug-likeness (QED) is 0.792. The molecule has 21 heavy (non-hydrogen) atoms. The summed E-state index contributed by atoms with van der Waals surface area (Å²) in [6, 6.07) is 9.38. The first-order valence-corrected chi connectivity index (χ1v) is 8.51. The Bertz CT molecular complexity index is 435. The Morgan fingerprint density at radius 1 is 1.10 bits per heavy atom. The van der Waals surface area contributed by atoms with Gasteiger partial charge < -0.3 is 10.1 Å². The SMILES string of the molecule is CCCNC1C(C)C(c2ccc(OC)cc2)C1(CC)CC. The van der Waals surface area contributed by atoms with Crippen molar-refractivity contribution in [1.82, 2.24) is 5.32 Å². The predicted molar refractivity (Wildman–Crippen MR) is 90.0 cm³/mol. The van der Waals surface area contributed by atoms with Crippen LogP contribution in [-0.4, -0.2) is 19.7 Å². The van der Waals surface area contributed by atoms with Gasteiger partial charge in [-0.05, 0) is 60.8 Å². The topological polar surface area (TPSA) is 21.3 Å². The normalized spacial score (nSPS) is 27.2. The van der Waals surface area contributed by atoms with Crippen LogP contribution in [0.3, 0.4) is 0 Å². The zero-order chi connectivity index (χ0) is 15.5. The predicted octanol–water partition coefficient (Wildman–Crippen LogP) is 4.60. The fourth-order valence-electron chi connectivity index (χ4n) is 4.58. The molecule has 1 aromatic carbocycles. The minimum absolute atomic E-state index is 0.406. The third-order valence-corrected chi connectivity index (χ3v) is 5.70. The monoisotopic (exact) mass is 289 g/mol. The first-order chi connectivity index (χ1) is 10.1. The first kappa shape index (κ1) is 16.4. The number of nitrogens with one attached hydrogen (secondary N) is 1. The lowest BCUT2D eigenvalue weighted by molar-refractivity contribution is -0.0393. The molecule has 1 aromatic rings. The van der Waals surface area contributed by atoms with Crippen molar-refractivity contribution < 1.29 is 4.74 Å². The van der Waals surface area contributed by atoms with Gasteiger partial charge in [0.15, 0.2) is 0 Å². The van der Waals surface area contributed by atoms with E-state index >= 15 is 0 Å². The highest BCUT2D eigenvalue weighted by Crippen LogP contribution is 2.60. The summed E-state index contributed by atoms with van der Waals surface area (Å²) in [6.07, 6.45) is 3.69. The van der Waals surface area contributed by atoms with Crippen molar-refractivity contribution in [3.05, 3.63) is 29.8 Å². The van der Waals surface area contributed by atoms with Crippen molar-refractivity contribution in [1.29, 1.82) is 0 Å². The van der Waals surface area contributed by atoms with Crippen LogP contribution in [0, 0.1) is 11.3 Å². The van der Waals surface area contributed by atoms with Crippen molar-refractivity contribution >= 4 is 0 Å². The third kappa shape index (κ3) is 2.70. The summed E-state index contributed by atoms with van der Waals surface area (Å²) >= 11 is 0. The summed E-state index contributed by atoms with van der Waals surface area (Å²) in [5.41, 5.74) is 1.88. The maximum Gasteiger partial charge on any atom is 0.118 e. The average Bonchev–Trinajstić information content (AvgIpc) is 2.53. The van der Waals surface area contributed by atoms with Crippen LogP contribution in [0.15, 0.2) is 24.3 Å². The summed E-state index contributed by atoms with van der Waals surface area (Å²) in [5.74, 6) is 2.31. The van der Waals surface area contributed by atoms with Crippen LogP contribution in [0.25, 0.3) is 0 Å². The Labute approximate surface area is 130 Å². The molecule has 2 heteroatoms. The van der Waals surface area contributed by atoms with Gasteiger partial charge in [0.2, 0.25) is 0 Å².